The number of hydrogen-bond acceptors (Lipinski definition) is 2. The standard InChI is InChI=1S/C16H18N2O/c1-13(19)17-15-8-10-16(11-9-15)18(2)12-14-6-4-3-5-7-14/h3-11H,12H2,1-2H3,(H,17,19). The molecule has 2 rings (SSSR count). The minimum Gasteiger partial charge on any atom is -0.370 e. The third-order valence-corrected chi connectivity index (χ3v) is 2.89. The van der Waals surface area contributed by atoms with Crippen molar-refractivity contribution < 1.29 is 4.79 Å². The topological polar surface area (TPSA) is 32.3 Å². The monoisotopic (exact) mass is 254 g/mol. The van der Waals surface area contributed by atoms with Crippen LogP contribution in [-0.4, -0.2) is 13.0 Å². The van der Waals surface area contributed by atoms with Crippen LogP contribution in [0.1, 0.15) is 12.5 Å². The molecular formula is C16H18N2O. The second-order valence-electron chi connectivity index (χ2n) is 4.57. The van der Waals surface area contributed by atoms with Gasteiger partial charge in [-0.1, -0.05) is 30.3 Å². The quantitative estimate of drug-likeness (QED) is 0.908. The van der Waals surface area contributed by atoms with Gasteiger partial charge in [-0.2, -0.15) is 0 Å². The van der Waals surface area contributed by atoms with Crippen molar-refractivity contribution in [1.82, 2.24) is 0 Å². The Bertz CT molecular complexity index is 534. The van der Waals surface area contributed by atoms with Crippen LogP contribution in [0.2, 0.25) is 0 Å². The molecule has 0 atom stereocenters. The molecule has 1 amide bonds. The molecule has 0 aliphatic carbocycles. The number of carbonyl (C=O) groups excluding carboxylic acids is 1. The summed E-state index contributed by atoms with van der Waals surface area (Å²) in [5, 5.41) is 2.76. The zero-order chi connectivity index (χ0) is 13.7. The first-order chi connectivity index (χ1) is 9.15. The number of amides is 1. The third kappa shape index (κ3) is 3.85. The summed E-state index contributed by atoms with van der Waals surface area (Å²) in [5.74, 6) is -0.0506. The Kier molecular flexibility index (Phi) is 4.18. The highest BCUT2D eigenvalue weighted by Gasteiger charge is 2.02. The molecular weight excluding hydrogens is 236 g/mol. The molecule has 0 radical (unpaired) electrons. The molecule has 0 heterocycles. The first-order valence-corrected chi connectivity index (χ1v) is 6.28. The maximum absolute atomic E-state index is 11.0. The van der Waals surface area contributed by atoms with Gasteiger partial charge >= 0.3 is 0 Å². The molecule has 1 N–H and O–H groups in total. The van der Waals surface area contributed by atoms with Gasteiger partial charge in [0.25, 0.3) is 0 Å². The van der Waals surface area contributed by atoms with Crippen molar-refractivity contribution in [3.05, 3.63) is 60.2 Å². The fourth-order valence-corrected chi connectivity index (χ4v) is 1.95. The highest BCUT2D eigenvalue weighted by atomic mass is 16.1. The number of nitrogens with one attached hydrogen (secondary N) is 1. The van der Waals surface area contributed by atoms with Crippen LogP contribution in [0.4, 0.5) is 11.4 Å². The molecule has 0 saturated carbocycles. The van der Waals surface area contributed by atoms with Crippen LogP contribution in [0.15, 0.2) is 54.6 Å². The van der Waals surface area contributed by atoms with Gasteiger partial charge in [0.15, 0.2) is 0 Å². The highest BCUT2D eigenvalue weighted by Crippen LogP contribution is 2.18. The molecule has 0 bridgehead atoms. The predicted octanol–water partition coefficient (Wildman–Crippen LogP) is 3.28. The molecule has 0 unspecified atom stereocenters. The maximum Gasteiger partial charge on any atom is 0.221 e. The van der Waals surface area contributed by atoms with Gasteiger partial charge in [0.05, 0.1) is 0 Å². The Morgan fingerprint density at radius 2 is 1.68 bits per heavy atom. The number of benzene rings is 2. The van der Waals surface area contributed by atoms with Crippen molar-refractivity contribution in [3.8, 4) is 0 Å². The lowest BCUT2D eigenvalue weighted by Crippen LogP contribution is -2.16. The van der Waals surface area contributed by atoms with Crippen molar-refractivity contribution in [2.75, 3.05) is 17.3 Å². The van der Waals surface area contributed by atoms with E-state index in [4.69, 9.17) is 0 Å². The third-order valence-electron chi connectivity index (χ3n) is 2.89. The van der Waals surface area contributed by atoms with E-state index in [-0.39, 0.29) is 5.91 Å². The molecule has 2 aromatic rings. The number of nitrogens with zero attached hydrogens (tertiary/aromatic N) is 1. The van der Waals surface area contributed by atoms with Gasteiger partial charge in [-0.05, 0) is 29.8 Å². The lowest BCUT2D eigenvalue weighted by molar-refractivity contribution is -0.114. The summed E-state index contributed by atoms with van der Waals surface area (Å²) >= 11 is 0. The van der Waals surface area contributed by atoms with E-state index in [1.807, 2.05) is 42.5 Å². The largest absolute Gasteiger partial charge is 0.370 e. The second kappa shape index (κ2) is 6.05. The fourth-order valence-electron chi connectivity index (χ4n) is 1.95. The summed E-state index contributed by atoms with van der Waals surface area (Å²) in [6.45, 7) is 2.37. The molecule has 0 aliphatic heterocycles. The molecule has 0 saturated heterocycles. The zero-order valence-electron chi connectivity index (χ0n) is 11.3. The first-order valence-electron chi connectivity index (χ1n) is 6.28. The lowest BCUT2D eigenvalue weighted by Gasteiger charge is -2.19. The molecule has 0 spiro atoms. The predicted molar refractivity (Wildman–Crippen MR) is 79.3 cm³/mol. The molecule has 0 aromatic heterocycles. The van der Waals surface area contributed by atoms with E-state index < -0.39 is 0 Å². The van der Waals surface area contributed by atoms with Gasteiger partial charge in [-0.3, -0.25) is 4.79 Å². The highest BCUT2D eigenvalue weighted by molar-refractivity contribution is 5.88. The van der Waals surface area contributed by atoms with Crippen LogP contribution < -0.4 is 10.2 Å². The van der Waals surface area contributed by atoms with E-state index in [0.717, 1.165) is 17.9 Å². The van der Waals surface area contributed by atoms with Crippen molar-refractivity contribution >= 4 is 17.3 Å². The van der Waals surface area contributed by atoms with Gasteiger partial charge in [-0.15, -0.1) is 0 Å². The number of hydrogen-bond donors (Lipinski definition) is 1. The van der Waals surface area contributed by atoms with E-state index in [2.05, 4.69) is 29.4 Å². The van der Waals surface area contributed by atoms with E-state index >= 15 is 0 Å². The van der Waals surface area contributed by atoms with Crippen LogP contribution in [0.5, 0.6) is 0 Å². The maximum atomic E-state index is 11.0. The summed E-state index contributed by atoms with van der Waals surface area (Å²) in [6, 6.07) is 18.2. The molecule has 2 aromatic carbocycles. The lowest BCUT2D eigenvalue weighted by atomic mass is 10.2. The average Bonchev–Trinajstić information content (AvgIpc) is 2.40. The summed E-state index contributed by atoms with van der Waals surface area (Å²) in [5.41, 5.74) is 3.22. The van der Waals surface area contributed by atoms with Crippen LogP contribution in [0, 0.1) is 0 Å². The Labute approximate surface area is 113 Å². The van der Waals surface area contributed by atoms with Crippen LogP contribution in [-0.2, 0) is 11.3 Å². The number of rotatable bonds is 4. The summed E-state index contributed by atoms with van der Waals surface area (Å²) < 4.78 is 0. The number of anilines is 2. The van der Waals surface area contributed by atoms with Crippen molar-refractivity contribution in [2.24, 2.45) is 0 Å². The van der Waals surface area contributed by atoms with Gasteiger partial charge in [0.2, 0.25) is 5.91 Å². The van der Waals surface area contributed by atoms with Gasteiger partial charge in [-0.25, -0.2) is 0 Å². The van der Waals surface area contributed by atoms with E-state index in [0.29, 0.717) is 0 Å². The first kappa shape index (κ1) is 13.1. The fraction of sp³-hybridized carbons (Fsp3) is 0.188. The molecule has 3 heteroatoms. The van der Waals surface area contributed by atoms with Crippen LogP contribution in [0.25, 0.3) is 0 Å². The Hall–Kier alpha value is -2.29. The van der Waals surface area contributed by atoms with Crippen molar-refractivity contribution in [3.63, 3.8) is 0 Å². The van der Waals surface area contributed by atoms with Gasteiger partial charge in [0.1, 0.15) is 0 Å². The van der Waals surface area contributed by atoms with Gasteiger partial charge in [0, 0.05) is 31.9 Å². The van der Waals surface area contributed by atoms with Gasteiger partial charge < -0.3 is 10.2 Å². The summed E-state index contributed by atoms with van der Waals surface area (Å²) in [4.78, 5) is 13.1. The molecule has 0 fully saturated rings. The molecule has 3 nitrogen and oxygen atoms in total. The van der Waals surface area contributed by atoms with Crippen LogP contribution >= 0.6 is 0 Å². The zero-order valence-corrected chi connectivity index (χ0v) is 11.3. The summed E-state index contributed by atoms with van der Waals surface area (Å²) in [6.07, 6.45) is 0. The molecule has 19 heavy (non-hydrogen) atoms. The molecule has 0 aliphatic rings. The Morgan fingerprint density at radius 1 is 1.05 bits per heavy atom. The summed E-state index contributed by atoms with van der Waals surface area (Å²) in [7, 11) is 2.06. The minimum absolute atomic E-state index is 0.0506. The Balaban J connectivity index is 2.03. The van der Waals surface area contributed by atoms with E-state index in [1.165, 1.54) is 12.5 Å². The smallest absolute Gasteiger partial charge is 0.221 e. The second-order valence-corrected chi connectivity index (χ2v) is 4.57. The van der Waals surface area contributed by atoms with Crippen LogP contribution in [0.3, 0.4) is 0 Å². The van der Waals surface area contributed by atoms with Crippen molar-refractivity contribution in [1.29, 1.82) is 0 Å². The van der Waals surface area contributed by atoms with E-state index in [9.17, 15) is 4.79 Å². The van der Waals surface area contributed by atoms with E-state index in [1.54, 1.807) is 0 Å². The van der Waals surface area contributed by atoms with Crippen molar-refractivity contribution in [2.45, 2.75) is 13.5 Å². The molecule has 98 valence electrons. The Morgan fingerprint density at radius 3 is 2.26 bits per heavy atom. The average molecular weight is 254 g/mol. The minimum atomic E-state index is -0.0506. The normalized spacial score (nSPS) is 10.0. The number of carbonyl (C=O) groups is 1. The SMILES string of the molecule is CC(=O)Nc1ccc(N(C)Cc2ccccc2)cc1.